The Morgan fingerprint density at radius 1 is 1.17 bits per heavy atom. The van der Waals surface area contributed by atoms with E-state index in [4.69, 9.17) is 4.74 Å². The van der Waals surface area contributed by atoms with Gasteiger partial charge in [0.05, 0.1) is 5.69 Å². The molecule has 0 spiro atoms. The van der Waals surface area contributed by atoms with E-state index in [9.17, 15) is 0 Å². The number of hydrogen-bond acceptors (Lipinski definition) is 3. The highest BCUT2D eigenvalue weighted by molar-refractivity contribution is 5.08. The first kappa shape index (κ1) is 15.6. The summed E-state index contributed by atoms with van der Waals surface area (Å²) >= 11 is 0. The molecule has 1 saturated heterocycles. The van der Waals surface area contributed by atoms with Gasteiger partial charge in [0.1, 0.15) is 6.10 Å². The SMILES string of the molecule is Cn1nccc1[C@@H]1OCC[C@H]1CNC(C1CCCC1)C1CCC1. The fourth-order valence-corrected chi connectivity index (χ4v) is 4.95. The topological polar surface area (TPSA) is 39.1 Å². The predicted octanol–water partition coefficient (Wildman–Crippen LogP) is 3.45. The van der Waals surface area contributed by atoms with E-state index >= 15 is 0 Å². The molecule has 1 aromatic rings. The second-order valence-corrected chi connectivity index (χ2v) is 7.89. The largest absolute Gasteiger partial charge is 0.372 e. The molecule has 128 valence electrons. The van der Waals surface area contributed by atoms with Crippen LogP contribution >= 0.6 is 0 Å². The summed E-state index contributed by atoms with van der Waals surface area (Å²) in [5.74, 6) is 2.46. The summed E-state index contributed by atoms with van der Waals surface area (Å²) in [5, 5.41) is 8.33. The van der Waals surface area contributed by atoms with Crippen molar-refractivity contribution in [3.8, 4) is 0 Å². The van der Waals surface area contributed by atoms with E-state index in [1.807, 2.05) is 17.9 Å². The lowest BCUT2D eigenvalue weighted by atomic mass is 9.74. The Hall–Kier alpha value is -0.870. The molecule has 2 saturated carbocycles. The molecule has 1 aliphatic heterocycles. The van der Waals surface area contributed by atoms with Crippen molar-refractivity contribution < 1.29 is 4.74 Å². The Morgan fingerprint density at radius 2 is 1.91 bits per heavy atom. The summed E-state index contributed by atoms with van der Waals surface area (Å²) in [7, 11) is 2.02. The monoisotopic (exact) mass is 317 g/mol. The van der Waals surface area contributed by atoms with Gasteiger partial charge in [-0.3, -0.25) is 4.68 Å². The molecule has 1 unspecified atom stereocenters. The van der Waals surface area contributed by atoms with Crippen molar-refractivity contribution in [1.29, 1.82) is 0 Å². The fourth-order valence-electron chi connectivity index (χ4n) is 4.95. The third-order valence-electron chi connectivity index (χ3n) is 6.55. The maximum Gasteiger partial charge on any atom is 0.103 e. The first-order valence-corrected chi connectivity index (χ1v) is 9.66. The molecule has 2 aliphatic carbocycles. The fraction of sp³-hybridized carbons (Fsp3) is 0.842. The van der Waals surface area contributed by atoms with Crippen LogP contribution in [0.25, 0.3) is 0 Å². The molecule has 0 aromatic carbocycles. The van der Waals surface area contributed by atoms with Gasteiger partial charge in [0, 0.05) is 38.4 Å². The number of nitrogens with one attached hydrogen (secondary N) is 1. The first-order valence-electron chi connectivity index (χ1n) is 9.66. The molecule has 23 heavy (non-hydrogen) atoms. The van der Waals surface area contributed by atoms with Gasteiger partial charge in [0.25, 0.3) is 0 Å². The average Bonchev–Trinajstić information content (AvgIpc) is 3.22. The molecule has 2 heterocycles. The van der Waals surface area contributed by atoms with E-state index in [0.717, 1.165) is 31.0 Å². The summed E-state index contributed by atoms with van der Waals surface area (Å²) < 4.78 is 8.02. The maximum absolute atomic E-state index is 6.05. The van der Waals surface area contributed by atoms with Gasteiger partial charge in [-0.2, -0.15) is 5.10 Å². The van der Waals surface area contributed by atoms with Crippen LogP contribution in [0.1, 0.15) is 63.2 Å². The predicted molar refractivity (Wildman–Crippen MR) is 91.1 cm³/mol. The molecule has 1 aromatic heterocycles. The van der Waals surface area contributed by atoms with Gasteiger partial charge < -0.3 is 10.1 Å². The Labute approximate surface area is 140 Å². The minimum absolute atomic E-state index is 0.223. The summed E-state index contributed by atoms with van der Waals surface area (Å²) in [4.78, 5) is 0. The quantitative estimate of drug-likeness (QED) is 0.873. The molecule has 4 rings (SSSR count). The van der Waals surface area contributed by atoms with Crippen LogP contribution in [0.15, 0.2) is 12.3 Å². The molecule has 1 N–H and O–H groups in total. The molecule has 3 fully saturated rings. The van der Waals surface area contributed by atoms with Crippen LogP contribution in [-0.2, 0) is 11.8 Å². The van der Waals surface area contributed by atoms with Gasteiger partial charge >= 0.3 is 0 Å². The molecular formula is C19H31N3O. The first-order chi connectivity index (χ1) is 11.3. The van der Waals surface area contributed by atoms with Crippen molar-refractivity contribution in [3.63, 3.8) is 0 Å². The van der Waals surface area contributed by atoms with Crippen molar-refractivity contribution in [3.05, 3.63) is 18.0 Å². The molecule has 3 atom stereocenters. The molecular weight excluding hydrogens is 286 g/mol. The van der Waals surface area contributed by atoms with Crippen molar-refractivity contribution in [2.45, 2.75) is 63.5 Å². The van der Waals surface area contributed by atoms with E-state index in [2.05, 4.69) is 16.5 Å². The zero-order valence-electron chi connectivity index (χ0n) is 14.4. The van der Waals surface area contributed by atoms with E-state index < -0.39 is 0 Å². The van der Waals surface area contributed by atoms with Gasteiger partial charge in [0.2, 0.25) is 0 Å². The van der Waals surface area contributed by atoms with E-state index in [1.165, 1.54) is 57.1 Å². The molecule has 4 nitrogen and oxygen atoms in total. The van der Waals surface area contributed by atoms with Crippen molar-refractivity contribution in [2.75, 3.05) is 13.2 Å². The molecule has 0 bridgehead atoms. The van der Waals surface area contributed by atoms with Gasteiger partial charge in [-0.15, -0.1) is 0 Å². The number of aryl methyl sites for hydroxylation is 1. The van der Waals surface area contributed by atoms with Crippen LogP contribution in [-0.4, -0.2) is 29.0 Å². The Bertz CT molecular complexity index is 504. The minimum atomic E-state index is 0.223. The molecule has 0 radical (unpaired) electrons. The number of nitrogens with zero attached hydrogens (tertiary/aromatic N) is 2. The smallest absolute Gasteiger partial charge is 0.103 e. The number of hydrogen-bond donors (Lipinski definition) is 1. The van der Waals surface area contributed by atoms with Gasteiger partial charge in [-0.05, 0) is 50.0 Å². The van der Waals surface area contributed by atoms with Crippen molar-refractivity contribution in [2.24, 2.45) is 24.8 Å². The Morgan fingerprint density at radius 3 is 2.52 bits per heavy atom. The number of aromatic nitrogens is 2. The second kappa shape index (κ2) is 6.94. The highest BCUT2D eigenvalue weighted by atomic mass is 16.5. The maximum atomic E-state index is 6.05. The molecule has 0 amide bonds. The van der Waals surface area contributed by atoms with Crippen LogP contribution < -0.4 is 5.32 Å². The normalized spacial score (nSPS) is 30.7. The summed E-state index contributed by atoms with van der Waals surface area (Å²) in [5.41, 5.74) is 1.23. The van der Waals surface area contributed by atoms with Gasteiger partial charge in [0.15, 0.2) is 0 Å². The second-order valence-electron chi connectivity index (χ2n) is 7.89. The zero-order chi connectivity index (χ0) is 15.6. The van der Waals surface area contributed by atoms with Crippen molar-refractivity contribution >= 4 is 0 Å². The lowest BCUT2D eigenvalue weighted by Crippen LogP contribution is -2.46. The Kier molecular flexibility index (Phi) is 4.72. The average molecular weight is 317 g/mol. The standard InChI is InChI=1S/C19H31N3O/c1-22-17(9-11-21-22)19-16(10-12-23-19)13-20-18(15-7-4-8-15)14-5-2-3-6-14/h9,11,14-16,18-20H,2-8,10,12-13H2,1H3/t16-,18?,19+/m0/s1. The molecule has 3 aliphatic rings. The van der Waals surface area contributed by atoms with Crippen LogP contribution in [0.2, 0.25) is 0 Å². The van der Waals surface area contributed by atoms with E-state index in [1.54, 1.807) is 0 Å². The van der Waals surface area contributed by atoms with E-state index in [-0.39, 0.29) is 6.10 Å². The third-order valence-corrected chi connectivity index (χ3v) is 6.55. The molecule has 4 heteroatoms. The van der Waals surface area contributed by atoms with Gasteiger partial charge in [-0.25, -0.2) is 0 Å². The Balaban J connectivity index is 1.39. The highest BCUT2D eigenvalue weighted by Crippen LogP contribution is 2.40. The lowest BCUT2D eigenvalue weighted by molar-refractivity contribution is 0.0795. The number of rotatable bonds is 6. The third kappa shape index (κ3) is 3.20. The highest BCUT2D eigenvalue weighted by Gasteiger charge is 2.37. The lowest BCUT2D eigenvalue weighted by Gasteiger charge is -2.39. The summed E-state index contributed by atoms with van der Waals surface area (Å²) in [6.07, 6.45) is 13.4. The van der Waals surface area contributed by atoms with Crippen LogP contribution in [0.3, 0.4) is 0 Å². The van der Waals surface area contributed by atoms with Crippen molar-refractivity contribution in [1.82, 2.24) is 15.1 Å². The van der Waals surface area contributed by atoms with Crippen LogP contribution in [0.4, 0.5) is 0 Å². The zero-order valence-corrected chi connectivity index (χ0v) is 14.4. The minimum Gasteiger partial charge on any atom is -0.372 e. The van der Waals surface area contributed by atoms with Crippen LogP contribution in [0, 0.1) is 17.8 Å². The van der Waals surface area contributed by atoms with Gasteiger partial charge in [-0.1, -0.05) is 19.3 Å². The number of ether oxygens (including phenoxy) is 1. The summed E-state index contributed by atoms with van der Waals surface area (Å²) in [6, 6.07) is 2.88. The summed E-state index contributed by atoms with van der Waals surface area (Å²) in [6.45, 7) is 1.99. The van der Waals surface area contributed by atoms with Crippen LogP contribution in [0.5, 0.6) is 0 Å². The van der Waals surface area contributed by atoms with E-state index in [0.29, 0.717) is 5.92 Å².